The van der Waals surface area contributed by atoms with Gasteiger partial charge >= 0.3 is 0 Å². The molecule has 0 aliphatic heterocycles. The van der Waals surface area contributed by atoms with Crippen LogP contribution >= 0.6 is 11.6 Å². The van der Waals surface area contributed by atoms with E-state index in [1.165, 1.54) is 17.5 Å². The van der Waals surface area contributed by atoms with Gasteiger partial charge in [0, 0.05) is 0 Å². The molecule has 1 aliphatic carbocycles. The van der Waals surface area contributed by atoms with Gasteiger partial charge in [-0.2, -0.15) is 0 Å². The molecule has 0 amide bonds. The van der Waals surface area contributed by atoms with Gasteiger partial charge in [0.2, 0.25) is 0 Å². The number of alkyl halides is 1. The van der Waals surface area contributed by atoms with Crippen LogP contribution in [-0.4, -0.2) is 9.97 Å². The summed E-state index contributed by atoms with van der Waals surface area (Å²) in [7, 11) is 0. The fourth-order valence-electron chi connectivity index (χ4n) is 2.32. The Morgan fingerprint density at radius 2 is 2.06 bits per heavy atom. The van der Waals surface area contributed by atoms with Crippen molar-refractivity contribution in [2.45, 2.75) is 25.1 Å². The molecule has 16 heavy (non-hydrogen) atoms. The molecule has 3 nitrogen and oxygen atoms in total. The summed E-state index contributed by atoms with van der Waals surface area (Å²) in [5, 5.41) is 0.675. The number of rotatable bonds is 1. The van der Waals surface area contributed by atoms with E-state index in [9.17, 15) is 4.79 Å². The van der Waals surface area contributed by atoms with Gasteiger partial charge in [-0.15, -0.1) is 11.6 Å². The maximum atomic E-state index is 11.8. The van der Waals surface area contributed by atoms with Gasteiger partial charge in [0.1, 0.15) is 5.82 Å². The molecular weight excluding hydrogens is 224 g/mol. The topological polar surface area (TPSA) is 45.8 Å². The minimum absolute atomic E-state index is 0.0876. The van der Waals surface area contributed by atoms with E-state index >= 15 is 0 Å². The molecule has 1 N–H and O–H groups in total. The van der Waals surface area contributed by atoms with Gasteiger partial charge in [0.05, 0.1) is 16.8 Å². The fourth-order valence-corrected chi connectivity index (χ4v) is 2.45. The molecule has 0 spiro atoms. The molecule has 1 aliphatic rings. The van der Waals surface area contributed by atoms with Gasteiger partial charge in [0.15, 0.2) is 0 Å². The molecule has 2 aromatic rings. The first kappa shape index (κ1) is 9.85. The third-order valence-corrected chi connectivity index (χ3v) is 3.35. The summed E-state index contributed by atoms with van der Waals surface area (Å²) in [4.78, 5) is 18.8. The number of aromatic nitrogens is 2. The maximum Gasteiger partial charge on any atom is 0.258 e. The van der Waals surface area contributed by atoms with Crippen molar-refractivity contribution in [3.8, 4) is 0 Å². The van der Waals surface area contributed by atoms with E-state index in [4.69, 9.17) is 11.6 Å². The smallest absolute Gasteiger partial charge is 0.258 e. The van der Waals surface area contributed by atoms with Crippen LogP contribution < -0.4 is 5.56 Å². The third-order valence-electron chi connectivity index (χ3n) is 3.09. The first-order valence-electron chi connectivity index (χ1n) is 5.38. The summed E-state index contributed by atoms with van der Waals surface area (Å²) in [6, 6.07) is 4.00. The van der Waals surface area contributed by atoms with Crippen molar-refractivity contribution < 1.29 is 0 Å². The van der Waals surface area contributed by atoms with Crippen molar-refractivity contribution in [3.05, 3.63) is 39.4 Å². The Labute approximate surface area is 97.5 Å². The Hall–Kier alpha value is -1.35. The number of nitrogens with one attached hydrogen (secondary N) is 1. The number of aromatic amines is 1. The second kappa shape index (κ2) is 3.59. The minimum atomic E-state index is -0.0876. The monoisotopic (exact) mass is 234 g/mol. The molecule has 1 aromatic heterocycles. The zero-order valence-corrected chi connectivity index (χ0v) is 9.47. The van der Waals surface area contributed by atoms with E-state index < -0.39 is 0 Å². The second-order valence-electron chi connectivity index (χ2n) is 4.14. The molecule has 3 rings (SSSR count). The van der Waals surface area contributed by atoms with E-state index in [0.29, 0.717) is 11.2 Å². The van der Waals surface area contributed by atoms with Crippen LogP contribution in [0.1, 0.15) is 23.4 Å². The standard InChI is InChI=1S/C12H11ClN2O/c13-6-11-14-10-5-8-3-1-2-7(8)4-9(10)12(16)15-11/h4-5H,1-3,6H2,(H,14,15,16). The highest BCUT2D eigenvalue weighted by Crippen LogP contribution is 2.25. The highest BCUT2D eigenvalue weighted by atomic mass is 35.5. The van der Waals surface area contributed by atoms with Crippen molar-refractivity contribution in [1.82, 2.24) is 9.97 Å². The molecule has 1 aromatic carbocycles. The number of hydrogen-bond donors (Lipinski definition) is 1. The molecule has 0 saturated heterocycles. The average molecular weight is 235 g/mol. The molecule has 0 fully saturated rings. The van der Waals surface area contributed by atoms with Crippen LogP contribution in [0, 0.1) is 0 Å². The molecule has 0 unspecified atom stereocenters. The van der Waals surface area contributed by atoms with Crippen molar-refractivity contribution in [2.24, 2.45) is 0 Å². The summed E-state index contributed by atoms with van der Waals surface area (Å²) in [5.74, 6) is 0.777. The van der Waals surface area contributed by atoms with Crippen LogP contribution in [0.4, 0.5) is 0 Å². The van der Waals surface area contributed by atoms with Gasteiger partial charge in [-0.1, -0.05) is 0 Å². The Morgan fingerprint density at radius 1 is 1.31 bits per heavy atom. The van der Waals surface area contributed by atoms with E-state index in [-0.39, 0.29) is 11.4 Å². The van der Waals surface area contributed by atoms with Crippen LogP contribution in [0.15, 0.2) is 16.9 Å². The Kier molecular flexibility index (Phi) is 2.21. The van der Waals surface area contributed by atoms with E-state index in [0.717, 1.165) is 18.4 Å². The predicted octanol–water partition coefficient (Wildman–Crippen LogP) is 2.15. The quantitative estimate of drug-likeness (QED) is 0.769. The molecule has 1 heterocycles. The van der Waals surface area contributed by atoms with Crippen LogP contribution in [0.2, 0.25) is 0 Å². The molecule has 0 atom stereocenters. The van der Waals surface area contributed by atoms with E-state index in [2.05, 4.69) is 9.97 Å². The van der Waals surface area contributed by atoms with Gasteiger partial charge < -0.3 is 4.98 Å². The number of fused-ring (bicyclic) bond motifs is 2. The SMILES string of the molecule is O=c1[nH]c(CCl)nc2cc3c(cc12)CCC3. The number of halogens is 1. The lowest BCUT2D eigenvalue weighted by molar-refractivity contribution is 0.912. The van der Waals surface area contributed by atoms with Gasteiger partial charge in [0.25, 0.3) is 5.56 Å². The zero-order valence-electron chi connectivity index (χ0n) is 8.72. The average Bonchev–Trinajstić information content (AvgIpc) is 2.73. The summed E-state index contributed by atoms with van der Waals surface area (Å²) >= 11 is 5.68. The van der Waals surface area contributed by atoms with Gasteiger partial charge in [-0.25, -0.2) is 4.98 Å². The normalized spacial score (nSPS) is 14.3. The minimum Gasteiger partial charge on any atom is -0.309 e. The lowest BCUT2D eigenvalue weighted by Gasteiger charge is -2.03. The van der Waals surface area contributed by atoms with Crippen LogP contribution in [-0.2, 0) is 18.7 Å². The largest absolute Gasteiger partial charge is 0.309 e. The predicted molar refractivity (Wildman–Crippen MR) is 63.9 cm³/mol. The summed E-state index contributed by atoms with van der Waals surface area (Å²) in [6.45, 7) is 0. The Balaban J connectivity index is 2.35. The Morgan fingerprint density at radius 3 is 2.81 bits per heavy atom. The summed E-state index contributed by atoms with van der Waals surface area (Å²) < 4.78 is 0. The van der Waals surface area contributed by atoms with Crippen molar-refractivity contribution >= 4 is 22.5 Å². The third kappa shape index (κ3) is 1.43. The van der Waals surface area contributed by atoms with Crippen molar-refractivity contribution in [1.29, 1.82) is 0 Å². The maximum absolute atomic E-state index is 11.8. The lowest BCUT2D eigenvalue weighted by atomic mass is 10.1. The highest BCUT2D eigenvalue weighted by Gasteiger charge is 2.13. The number of hydrogen-bond acceptors (Lipinski definition) is 2. The molecule has 0 radical (unpaired) electrons. The van der Waals surface area contributed by atoms with Crippen molar-refractivity contribution in [2.75, 3.05) is 0 Å². The zero-order chi connectivity index (χ0) is 11.1. The van der Waals surface area contributed by atoms with Crippen LogP contribution in [0.3, 0.4) is 0 Å². The summed E-state index contributed by atoms with van der Waals surface area (Å²) in [5.41, 5.74) is 3.29. The van der Waals surface area contributed by atoms with Crippen molar-refractivity contribution in [3.63, 3.8) is 0 Å². The lowest BCUT2D eigenvalue weighted by Crippen LogP contribution is -2.11. The van der Waals surface area contributed by atoms with Gasteiger partial charge in [-0.3, -0.25) is 4.79 Å². The highest BCUT2D eigenvalue weighted by molar-refractivity contribution is 6.16. The number of nitrogens with zero attached hydrogens (tertiary/aromatic N) is 1. The molecule has 0 bridgehead atoms. The second-order valence-corrected chi connectivity index (χ2v) is 4.41. The fraction of sp³-hybridized carbons (Fsp3) is 0.333. The van der Waals surface area contributed by atoms with Gasteiger partial charge in [-0.05, 0) is 42.5 Å². The first-order valence-corrected chi connectivity index (χ1v) is 5.92. The van der Waals surface area contributed by atoms with E-state index in [1.807, 2.05) is 12.1 Å². The first-order chi connectivity index (χ1) is 7.78. The molecule has 82 valence electrons. The number of H-pyrrole nitrogens is 1. The van der Waals surface area contributed by atoms with Crippen LogP contribution in [0.25, 0.3) is 10.9 Å². The molecule has 0 saturated carbocycles. The molecule has 4 heteroatoms. The van der Waals surface area contributed by atoms with E-state index in [1.54, 1.807) is 0 Å². The molecular formula is C12H11ClN2O. The summed E-state index contributed by atoms with van der Waals surface area (Å²) in [6.07, 6.45) is 3.34. The number of benzene rings is 1. The Bertz CT molecular complexity index is 618. The van der Waals surface area contributed by atoms with Crippen LogP contribution in [0.5, 0.6) is 0 Å². The number of aryl methyl sites for hydroxylation is 2.